The van der Waals surface area contributed by atoms with E-state index in [0.717, 1.165) is 16.5 Å². The molecule has 0 fully saturated rings. The Balaban J connectivity index is 1.62. The summed E-state index contributed by atoms with van der Waals surface area (Å²) in [6.45, 7) is -0.765. The van der Waals surface area contributed by atoms with Gasteiger partial charge in [0.2, 0.25) is 17.7 Å². The average Bonchev–Trinajstić information content (AvgIpc) is 3.36. The molecule has 0 aliphatic heterocycles. The van der Waals surface area contributed by atoms with Crippen molar-refractivity contribution < 1.29 is 29.4 Å². The predicted octanol–water partition coefficient (Wildman–Crippen LogP) is 0.565. The summed E-state index contributed by atoms with van der Waals surface area (Å²) in [5.74, 6) is -2.81. The highest BCUT2D eigenvalue weighted by molar-refractivity contribution is 7.98. The Morgan fingerprint density at radius 2 is 1.50 bits per heavy atom. The van der Waals surface area contributed by atoms with E-state index in [1.807, 2.05) is 30.5 Å². The first-order valence-electron chi connectivity index (χ1n) is 12.8. The van der Waals surface area contributed by atoms with Gasteiger partial charge in [-0.3, -0.25) is 14.4 Å². The van der Waals surface area contributed by atoms with Gasteiger partial charge in [0.1, 0.15) is 18.1 Å². The van der Waals surface area contributed by atoms with Crippen LogP contribution in [0.25, 0.3) is 10.9 Å². The fourth-order valence-electron chi connectivity index (χ4n) is 4.20. The molecule has 0 saturated carbocycles. The fraction of sp³-hybridized carbons (Fsp3) is 0.357. The summed E-state index contributed by atoms with van der Waals surface area (Å²) in [6.07, 6.45) is 4.16. The third-order valence-corrected chi connectivity index (χ3v) is 7.05. The Morgan fingerprint density at radius 1 is 0.875 bits per heavy atom. The van der Waals surface area contributed by atoms with E-state index in [1.54, 1.807) is 36.5 Å². The number of carbonyl (C=O) groups is 4. The second-order valence-corrected chi connectivity index (χ2v) is 10.3. The Labute approximate surface area is 236 Å². The van der Waals surface area contributed by atoms with Crippen molar-refractivity contribution in [2.24, 2.45) is 5.73 Å². The molecule has 1 aromatic heterocycles. The van der Waals surface area contributed by atoms with Crippen molar-refractivity contribution in [2.75, 3.05) is 18.6 Å². The standard InChI is InChI=1S/C28H35N5O6S/c1-40-12-11-22(31-25(35)20(29)14-18-15-30-21-10-6-5-9-19(18)21)26(36)33-24(16-34)27(37)32-23(28(38)39)13-17-7-3-2-4-8-17/h2-10,15,20,22-24,30,34H,11-14,16,29H2,1H3,(H,31,35)(H,32,37)(H,33,36)(H,38,39). The smallest absolute Gasteiger partial charge is 0.326 e. The van der Waals surface area contributed by atoms with E-state index >= 15 is 0 Å². The SMILES string of the molecule is CSCCC(NC(=O)C(N)Cc1c[nH]c2ccccc12)C(=O)NC(CO)C(=O)NC(Cc1ccccc1)C(=O)O. The fourth-order valence-corrected chi connectivity index (χ4v) is 4.67. The number of nitrogens with two attached hydrogens (primary N) is 1. The number of rotatable bonds is 15. The number of fused-ring (bicyclic) bond motifs is 1. The van der Waals surface area contributed by atoms with Gasteiger partial charge < -0.3 is 36.9 Å². The molecule has 2 aromatic carbocycles. The number of aliphatic hydroxyl groups is 1. The number of carboxylic acid groups (broad SMARTS) is 1. The molecule has 11 nitrogen and oxygen atoms in total. The first-order chi connectivity index (χ1) is 19.2. The molecule has 0 aliphatic rings. The third kappa shape index (κ3) is 8.57. The minimum Gasteiger partial charge on any atom is -0.480 e. The van der Waals surface area contributed by atoms with Gasteiger partial charge in [-0.05, 0) is 42.0 Å². The second kappa shape index (κ2) is 15.1. The van der Waals surface area contributed by atoms with Gasteiger partial charge >= 0.3 is 5.97 Å². The molecule has 0 radical (unpaired) electrons. The maximum Gasteiger partial charge on any atom is 0.326 e. The van der Waals surface area contributed by atoms with Crippen LogP contribution in [0.3, 0.4) is 0 Å². The molecule has 0 aliphatic carbocycles. The molecular weight excluding hydrogens is 534 g/mol. The maximum atomic E-state index is 13.1. The van der Waals surface area contributed by atoms with Gasteiger partial charge in [-0.1, -0.05) is 48.5 Å². The molecule has 1 heterocycles. The zero-order valence-electron chi connectivity index (χ0n) is 22.1. The molecule has 12 heteroatoms. The van der Waals surface area contributed by atoms with Crippen LogP contribution in [-0.2, 0) is 32.0 Å². The number of carbonyl (C=O) groups excluding carboxylic acids is 3. The van der Waals surface area contributed by atoms with Crippen LogP contribution in [0.1, 0.15) is 17.5 Å². The molecular formula is C28H35N5O6S. The van der Waals surface area contributed by atoms with Gasteiger partial charge in [0.25, 0.3) is 0 Å². The molecule has 4 unspecified atom stereocenters. The van der Waals surface area contributed by atoms with Crippen molar-refractivity contribution in [3.63, 3.8) is 0 Å². The monoisotopic (exact) mass is 569 g/mol. The number of hydrogen-bond acceptors (Lipinski definition) is 7. The number of amides is 3. The number of nitrogens with one attached hydrogen (secondary N) is 4. The number of H-pyrrole nitrogens is 1. The normalized spacial score (nSPS) is 14.1. The molecule has 0 bridgehead atoms. The van der Waals surface area contributed by atoms with Gasteiger partial charge in [-0.25, -0.2) is 4.79 Å². The highest BCUT2D eigenvalue weighted by atomic mass is 32.2. The van der Waals surface area contributed by atoms with Crippen LogP contribution in [0.15, 0.2) is 60.8 Å². The Morgan fingerprint density at radius 3 is 2.17 bits per heavy atom. The van der Waals surface area contributed by atoms with Crippen molar-refractivity contribution in [1.29, 1.82) is 0 Å². The van der Waals surface area contributed by atoms with Crippen molar-refractivity contribution >= 4 is 46.4 Å². The minimum absolute atomic E-state index is 0.0226. The van der Waals surface area contributed by atoms with Crippen molar-refractivity contribution in [3.8, 4) is 0 Å². The summed E-state index contributed by atoms with van der Waals surface area (Å²) in [5.41, 5.74) is 8.66. The topological polar surface area (TPSA) is 187 Å². The largest absolute Gasteiger partial charge is 0.480 e. The number of aliphatic carboxylic acids is 1. The second-order valence-electron chi connectivity index (χ2n) is 9.35. The van der Waals surface area contributed by atoms with Crippen molar-refractivity contribution in [2.45, 2.75) is 43.4 Å². The van der Waals surface area contributed by atoms with E-state index < -0.39 is 54.5 Å². The lowest BCUT2D eigenvalue weighted by Crippen LogP contribution is -2.58. The average molecular weight is 570 g/mol. The lowest BCUT2D eigenvalue weighted by molar-refractivity contribution is -0.142. The molecule has 0 spiro atoms. The number of para-hydroxylation sites is 1. The van der Waals surface area contributed by atoms with Gasteiger partial charge in [0, 0.05) is 23.5 Å². The summed E-state index contributed by atoms with van der Waals surface area (Å²) in [4.78, 5) is 53.7. The van der Waals surface area contributed by atoms with Crippen LogP contribution in [0.2, 0.25) is 0 Å². The third-order valence-electron chi connectivity index (χ3n) is 6.41. The Bertz CT molecular complexity index is 1300. The summed E-state index contributed by atoms with van der Waals surface area (Å²) in [5, 5.41) is 27.8. The number of aromatic amines is 1. The van der Waals surface area contributed by atoms with Gasteiger partial charge in [0.05, 0.1) is 12.6 Å². The van der Waals surface area contributed by atoms with E-state index in [9.17, 15) is 29.4 Å². The summed E-state index contributed by atoms with van der Waals surface area (Å²) in [7, 11) is 0. The molecule has 0 saturated heterocycles. The summed E-state index contributed by atoms with van der Waals surface area (Å²) < 4.78 is 0. The van der Waals surface area contributed by atoms with Crippen LogP contribution >= 0.6 is 11.8 Å². The highest BCUT2D eigenvalue weighted by Crippen LogP contribution is 2.19. The minimum atomic E-state index is -1.42. The molecule has 8 N–H and O–H groups in total. The maximum absolute atomic E-state index is 13.1. The van der Waals surface area contributed by atoms with E-state index in [-0.39, 0.29) is 19.3 Å². The van der Waals surface area contributed by atoms with Crippen LogP contribution in [0.4, 0.5) is 0 Å². The number of thioether (sulfide) groups is 1. The number of hydrogen-bond donors (Lipinski definition) is 7. The first-order valence-corrected chi connectivity index (χ1v) is 14.2. The molecule has 214 valence electrons. The predicted molar refractivity (Wildman–Crippen MR) is 154 cm³/mol. The number of aliphatic hydroxyl groups excluding tert-OH is 1. The lowest BCUT2D eigenvalue weighted by atomic mass is 10.0. The van der Waals surface area contributed by atoms with E-state index in [4.69, 9.17) is 5.73 Å². The molecule has 40 heavy (non-hydrogen) atoms. The van der Waals surface area contributed by atoms with E-state index in [2.05, 4.69) is 20.9 Å². The van der Waals surface area contributed by atoms with Crippen molar-refractivity contribution in [3.05, 3.63) is 71.9 Å². The summed E-state index contributed by atoms with van der Waals surface area (Å²) >= 11 is 1.47. The van der Waals surface area contributed by atoms with Crippen LogP contribution in [0, 0.1) is 0 Å². The van der Waals surface area contributed by atoms with Crippen LogP contribution in [-0.4, -0.2) is 81.7 Å². The molecule has 3 aromatic rings. The first kappa shape index (κ1) is 30.7. The molecule has 4 atom stereocenters. The Hall–Kier alpha value is -3.87. The van der Waals surface area contributed by atoms with Gasteiger partial charge in [-0.15, -0.1) is 0 Å². The lowest BCUT2D eigenvalue weighted by Gasteiger charge is -2.24. The molecule has 3 rings (SSSR count). The number of benzene rings is 2. The quantitative estimate of drug-likeness (QED) is 0.138. The zero-order valence-corrected chi connectivity index (χ0v) is 22.9. The highest BCUT2D eigenvalue weighted by Gasteiger charge is 2.30. The number of carboxylic acids is 1. The molecule has 3 amide bonds. The van der Waals surface area contributed by atoms with E-state index in [0.29, 0.717) is 11.3 Å². The summed E-state index contributed by atoms with van der Waals surface area (Å²) in [6, 6.07) is 11.7. The zero-order chi connectivity index (χ0) is 29.1. The number of aromatic nitrogens is 1. The van der Waals surface area contributed by atoms with Crippen LogP contribution < -0.4 is 21.7 Å². The van der Waals surface area contributed by atoms with Gasteiger partial charge in [0.15, 0.2) is 0 Å². The van der Waals surface area contributed by atoms with Crippen LogP contribution in [0.5, 0.6) is 0 Å². The van der Waals surface area contributed by atoms with Crippen molar-refractivity contribution in [1.82, 2.24) is 20.9 Å². The van der Waals surface area contributed by atoms with E-state index in [1.165, 1.54) is 11.8 Å². The van der Waals surface area contributed by atoms with Gasteiger partial charge in [-0.2, -0.15) is 11.8 Å². The Kier molecular flexibility index (Phi) is 11.5.